The van der Waals surface area contributed by atoms with E-state index in [4.69, 9.17) is 23.2 Å². The summed E-state index contributed by atoms with van der Waals surface area (Å²) in [5.41, 5.74) is 1.54. The molecule has 0 amide bonds. The van der Waals surface area contributed by atoms with Gasteiger partial charge in [0.15, 0.2) is 5.82 Å². The number of fused-ring (bicyclic) bond motifs is 1. The Morgan fingerprint density at radius 3 is 2.40 bits per heavy atom. The molecule has 0 aliphatic heterocycles. The summed E-state index contributed by atoms with van der Waals surface area (Å²) < 4.78 is 1.83. The second-order valence-electron chi connectivity index (χ2n) is 6.34. The maximum atomic E-state index is 5.99. The number of hydrogen-bond donors (Lipinski definition) is 1. The number of nitrogens with one attached hydrogen (secondary N) is 1. The topological polar surface area (TPSA) is 42.2 Å². The predicted molar refractivity (Wildman–Crippen MR) is 85.2 cm³/mol. The summed E-state index contributed by atoms with van der Waals surface area (Å²) in [5, 5.41) is 7.92. The Hall–Kier alpha value is -1.00. The molecule has 0 bridgehead atoms. The molecule has 0 atom stereocenters. The first-order valence-corrected chi connectivity index (χ1v) is 7.61. The first-order chi connectivity index (χ1) is 9.29. The molecule has 0 aliphatic carbocycles. The van der Waals surface area contributed by atoms with Crippen molar-refractivity contribution in [2.24, 2.45) is 0 Å². The van der Waals surface area contributed by atoms with E-state index < -0.39 is 5.54 Å². The molecule has 0 spiro atoms. The highest BCUT2D eigenvalue weighted by Gasteiger charge is 2.25. The van der Waals surface area contributed by atoms with Crippen molar-refractivity contribution in [2.45, 2.75) is 38.6 Å². The summed E-state index contributed by atoms with van der Waals surface area (Å²) in [6, 6.07) is 2.05. The Kier molecular flexibility index (Phi) is 4.17. The SMILES string of the molecule is CC(CCl)(CCl)Nc1nccn2nc(C(C)(C)C)cc12. The zero-order valence-electron chi connectivity index (χ0n) is 12.2. The van der Waals surface area contributed by atoms with Crippen molar-refractivity contribution >= 4 is 34.5 Å². The Labute approximate surface area is 129 Å². The third-order valence-corrected chi connectivity index (χ3v) is 4.35. The molecule has 0 aliphatic rings. The molecule has 110 valence electrons. The fraction of sp³-hybridized carbons (Fsp3) is 0.571. The summed E-state index contributed by atoms with van der Waals surface area (Å²) in [6.07, 6.45) is 3.56. The lowest BCUT2D eigenvalue weighted by Gasteiger charge is -2.26. The molecule has 0 aromatic carbocycles. The minimum absolute atomic E-state index is 0.00837. The van der Waals surface area contributed by atoms with Crippen LogP contribution in [0.2, 0.25) is 0 Å². The van der Waals surface area contributed by atoms with E-state index >= 15 is 0 Å². The fourth-order valence-corrected chi connectivity index (χ4v) is 2.19. The minimum Gasteiger partial charge on any atom is -0.361 e. The third kappa shape index (κ3) is 3.01. The third-order valence-electron chi connectivity index (χ3n) is 3.17. The van der Waals surface area contributed by atoms with Gasteiger partial charge in [0, 0.05) is 29.6 Å². The Balaban J connectivity index is 2.47. The molecule has 0 radical (unpaired) electrons. The lowest BCUT2D eigenvalue weighted by atomic mass is 9.92. The lowest BCUT2D eigenvalue weighted by molar-refractivity contribution is 0.562. The highest BCUT2D eigenvalue weighted by atomic mass is 35.5. The molecule has 0 saturated heterocycles. The van der Waals surface area contributed by atoms with E-state index in [0.717, 1.165) is 17.0 Å². The van der Waals surface area contributed by atoms with Crippen molar-refractivity contribution in [1.29, 1.82) is 0 Å². The summed E-state index contributed by atoms with van der Waals surface area (Å²) in [7, 11) is 0. The van der Waals surface area contributed by atoms with Gasteiger partial charge >= 0.3 is 0 Å². The van der Waals surface area contributed by atoms with Crippen LogP contribution in [-0.4, -0.2) is 31.9 Å². The quantitative estimate of drug-likeness (QED) is 0.875. The average Bonchev–Trinajstić information content (AvgIpc) is 2.83. The number of rotatable bonds is 4. The number of anilines is 1. The van der Waals surface area contributed by atoms with Gasteiger partial charge in [-0.25, -0.2) is 9.50 Å². The standard InChI is InChI=1S/C14H20Cl2N4/c1-13(2,3)11-7-10-12(17-5-6-20(10)19-11)18-14(4,8-15)9-16/h5-7H,8-9H2,1-4H3,(H,17,18). The number of hydrogen-bond acceptors (Lipinski definition) is 3. The van der Waals surface area contributed by atoms with Crippen LogP contribution in [0, 0.1) is 0 Å². The van der Waals surface area contributed by atoms with Crippen LogP contribution in [0.5, 0.6) is 0 Å². The van der Waals surface area contributed by atoms with Gasteiger partial charge in [-0.2, -0.15) is 5.10 Å². The van der Waals surface area contributed by atoms with E-state index in [-0.39, 0.29) is 5.41 Å². The van der Waals surface area contributed by atoms with Crippen LogP contribution < -0.4 is 5.32 Å². The van der Waals surface area contributed by atoms with Crippen molar-refractivity contribution in [2.75, 3.05) is 17.1 Å². The highest BCUT2D eigenvalue weighted by Crippen LogP contribution is 2.26. The molecule has 4 nitrogen and oxygen atoms in total. The van der Waals surface area contributed by atoms with Gasteiger partial charge < -0.3 is 5.32 Å². The molecule has 1 N–H and O–H groups in total. The van der Waals surface area contributed by atoms with Crippen molar-refractivity contribution < 1.29 is 0 Å². The van der Waals surface area contributed by atoms with Gasteiger partial charge in [0.2, 0.25) is 0 Å². The second-order valence-corrected chi connectivity index (χ2v) is 6.87. The molecule has 0 fully saturated rings. The van der Waals surface area contributed by atoms with Crippen LogP contribution in [0.3, 0.4) is 0 Å². The summed E-state index contributed by atoms with van der Waals surface area (Å²) >= 11 is 12.0. The van der Waals surface area contributed by atoms with E-state index in [0.29, 0.717) is 11.8 Å². The summed E-state index contributed by atoms with van der Waals surface area (Å²) in [5.74, 6) is 1.55. The smallest absolute Gasteiger partial charge is 0.152 e. The van der Waals surface area contributed by atoms with Gasteiger partial charge in [0.1, 0.15) is 5.52 Å². The molecule has 2 heterocycles. The van der Waals surface area contributed by atoms with Crippen LogP contribution in [0.15, 0.2) is 18.5 Å². The van der Waals surface area contributed by atoms with Crippen LogP contribution in [0.4, 0.5) is 5.82 Å². The molecular weight excluding hydrogens is 295 g/mol. The van der Waals surface area contributed by atoms with E-state index in [2.05, 4.69) is 42.2 Å². The number of halogens is 2. The molecule has 0 unspecified atom stereocenters. The van der Waals surface area contributed by atoms with Crippen LogP contribution in [0.25, 0.3) is 5.52 Å². The zero-order chi connectivity index (χ0) is 15.0. The fourth-order valence-electron chi connectivity index (χ4n) is 1.77. The minimum atomic E-state index is -0.399. The lowest BCUT2D eigenvalue weighted by Crippen LogP contribution is -2.39. The van der Waals surface area contributed by atoms with Gasteiger partial charge in [-0.05, 0) is 13.0 Å². The van der Waals surface area contributed by atoms with Crippen LogP contribution in [-0.2, 0) is 5.41 Å². The van der Waals surface area contributed by atoms with E-state index in [9.17, 15) is 0 Å². The Morgan fingerprint density at radius 1 is 1.20 bits per heavy atom. The largest absolute Gasteiger partial charge is 0.361 e. The highest BCUT2D eigenvalue weighted by molar-refractivity contribution is 6.22. The van der Waals surface area contributed by atoms with E-state index in [1.54, 1.807) is 6.20 Å². The molecule has 2 rings (SSSR count). The number of nitrogens with zero attached hydrogens (tertiary/aromatic N) is 3. The molecular formula is C14H20Cl2N4. The summed E-state index contributed by atoms with van der Waals surface area (Å²) in [4.78, 5) is 4.39. The summed E-state index contributed by atoms with van der Waals surface area (Å²) in [6.45, 7) is 8.38. The molecule has 6 heteroatoms. The average molecular weight is 315 g/mol. The van der Waals surface area contributed by atoms with Gasteiger partial charge in [0.25, 0.3) is 0 Å². The van der Waals surface area contributed by atoms with E-state index in [1.165, 1.54) is 0 Å². The van der Waals surface area contributed by atoms with Gasteiger partial charge in [-0.3, -0.25) is 0 Å². The van der Waals surface area contributed by atoms with E-state index in [1.807, 2.05) is 17.6 Å². The first kappa shape index (κ1) is 15.4. The van der Waals surface area contributed by atoms with Crippen molar-refractivity contribution in [3.63, 3.8) is 0 Å². The zero-order valence-corrected chi connectivity index (χ0v) is 13.8. The maximum absolute atomic E-state index is 5.99. The van der Waals surface area contributed by atoms with Gasteiger partial charge in [-0.1, -0.05) is 20.8 Å². The predicted octanol–water partition coefficient (Wildman–Crippen LogP) is 3.68. The molecule has 0 saturated carbocycles. The van der Waals surface area contributed by atoms with Crippen molar-refractivity contribution in [3.8, 4) is 0 Å². The maximum Gasteiger partial charge on any atom is 0.152 e. The van der Waals surface area contributed by atoms with Crippen molar-refractivity contribution in [3.05, 3.63) is 24.2 Å². The van der Waals surface area contributed by atoms with Crippen LogP contribution in [0.1, 0.15) is 33.4 Å². The molecule has 2 aromatic rings. The number of alkyl halides is 2. The van der Waals surface area contributed by atoms with Crippen LogP contribution >= 0.6 is 23.2 Å². The van der Waals surface area contributed by atoms with Gasteiger partial charge in [0.05, 0.1) is 11.2 Å². The normalized spacial score (nSPS) is 12.9. The monoisotopic (exact) mass is 314 g/mol. The Morgan fingerprint density at radius 2 is 1.85 bits per heavy atom. The first-order valence-electron chi connectivity index (χ1n) is 6.54. The van der Waals surface area contributed by atoms with Gasteiger partial charge in [-0.15, -0.1) is 23.2 Å². The number of aromatic nitrogens is 3. The molecule has 20 heavy (non-hydrogen) atoms. The Bertz CT molecular complexity index is 597. The second kappa shape index (κ2) is 5.41. The van der Waals surface area contributed by atoms with Crippen molar-refractivity contribution in [1.82, 2.24) is 14.6 Å². The molecule has 2 aromatic heterocycles.